The molecular formula is C18H26BN3O8. The molecule has 164 valence electrons. The topological polar surface area (TPSA) is 175 Å². The molecule has 1 fully saturated rings. The highest BCUT2D eigenvalue weighted by Gasteiger charge is 2.35. The van der Waals surface area contributed by atoms with Crippen molar-refractivity contribution in [1.82, 2.24) is 10.2 Å². The van der Waals surface area contributed by atoms with Crippen molar-refractivity contribution in [1.29, 1.82) is 0 Å². The van der Waals surface area contributed by atoms with Crippen molar-refractivity contribution in [3.63, 3.8) is 0 Å². The molecule has 12 heteroatoms. The summed E-state index contributed by atoms with van der Waals surface area (Å²) >= 11 is 0. The number of rotatable bonds is 9. The van der Waals surface area contributed by atoms with Crippen LogP contribution in [0.5, 0.6) is 11.5 Å². The van der Waals surface area contributed by atoms with Gasteiger partial charge in [0.1, 0.15) is 35.6 Å². The molecule has 2 unspecified atom stereocenters. The Hall–Kier alpha value is -2.38. The lowest BCUT2D eigenvalue weighted by molar-refractivity contribution is -0.125. The van der Waals surface area contributed by atoms with Crippen LogP contribution in [-0.2, 0) is 11.2 Å². The van der Waals surface area contributed by atoms with Gasteiger partial charge in [-0.2, -0.15) is 0 Å². The summed E-state index contributed by atoms with van der Waals surface area (Å²) in [6.07, 6.45) is -1.22. The van der Waals surface area contributed by atoms with E-state index in [1.165, 1.54) is 0 Å². The fourth-order valence-electron chi connectivity index (χ4n) is 3.38. The van der Waals surface area contributed by atoms with Crippen molar-refractivity contribution in [3.05, 3.63) is 23.3 Å². The second kappa shape index (κ2) is 9.62. The predicted octanol–water partition coefficient (Wildman–Crippen LogP) is -1.64. The number of nitrogens with zero attached hydrogens (tertiary/aromatic N) is 1. The number of aliphatic hydroxyl groups is 2. The zero-order valence-corrected chi connectivity index (χ0v) is 16.4. The average molecular weight is 423 g/mol. The third kappa shape index (κ3) is 5.40. The molecule has 0 aromatic heterocycles. The first-order valence-electron chi connectivity index (χ1n) is 9.77. The number of carboxylic acid groups (broad SMARTS) is 1. The molecule has 1 aromatic carbocycles. The highest BCUT2D eigenvalue weighted by Crippen LogP contribution is 2.37. The number of ether oxygens (including phenoxy) is 1. The van der Waals surface area contributed by atoms with Gasteiger partial charge in [0.05, 0.1) is 6.54 Å². The lowest BCUT2D eigenvalue weighted by atomic mass is 9.78. The predicted molar refractivity (Wildman–Crippen MR) is 105 cm³/mol. The van der Waals surface area contributed by atoms with Gasteiger partial charge in [0, 0.05) is 19.5 Å². The zero-order chi connectivity index (χ0) is 21.8. The van der Waals surface area contributed by atoms with Gasteiger partial charge in [0.25, 0.3) is 0 Å². The zero-order valence-electron chi connectivity index (χ0n) is 16.4. The summed E-state index contributed by atoms with van der Waals surface area (Å²) in [5.41, 5.74) is 5.75. The summed E-state index contributed by atoms with van der Waals surface area (Å²) in [4.78, 5) is 25.0. The van der Waals surface area contributed by atoms with Gasteiger partial charge in [-0.15, -0.1) is 0 Å². The van der Waals surface area contributed by atoms with E-state index in [9.17, 15) is 24.8 Å². The SMILES string of the molecule is NC(O)CCC(=O)NCC(O)N1CC(Oc2ccc3c(c2C(=O)O)OB(O)CC3)C1. The Labute approximate surface area is 173 Å². The van der Waals surface area contributed by atoms with Crippen molar-refractivity contribution in [2.75, 3.05) is 19.6 Å². The molecule has 0 radical (unpaired) electrons. The van der Waals surface area contributed by atoms with Gasteiger partial charge in [-0.1, -0.05) is 6.07 Å². The summed E-state index contributed by atoms with van der Waals surface area (Å²) < 4.78 is 11.1. The van der Waals surface area contributed by atoms with Crippen LogP contribution in [0.2, 0.25) is 6.32 Å². The number of carbonyl (C=O) groups is 2. The number of carbonyl (C=O) groups excluding carboxylic acids is 1. The van der Waals surface area contributed by atoms with Crippen LogP contribution in [0.3, 0.4) is 0 Å². The van der Waals surface area contributed by atoms with Gasteiger partial charge in [-0.3, -0.25) is 9.69 Å². The smallest absolute Gasteiger partial charge is 0.522 e. The second-order valence-electron chi connectivity index (χ2n) is 7.43. The molecule has 0 saturated carbocycles. The van der Waals surface area contributed by atoms with Crippen molar-refractivity contribution < 1.29 is 39.3 Å². The van der Waals surface area contributed by atoms with Crippen molar-refractivity contribution in [3.8, 4) is 11.5 Å². The average Bonchev–Trinajstić information content (AvgIpc) is 2.66. The maximum absolute atomic E-state index is 11.7. The molecule has 0 bridgehead atoms. The molecule has 0 aliphatic carbocycles. The summed E-state index contributed by atoms with van der Waals surface area (Å²) in [6.45, 7) is 0.702. The van der Waals surface area contributed by atoms with E-state index in [1.54, 1.807) is 17.0 Å². The quantitative estimate of drug-likeness (QED) is 0.200. The third-order valence-corrected chi connectivity index (χ3v) is 5.07. The molecule has 1 aromatic rings. The Morgan fingerprint density at radius 1 is 1.37 bits per heavy atom. The number of aromatic carboxylic acids is 1. The number of nitrogens with one attached hydrogen (secondary N) is 1. The summed E-state index contributed by atoms with van der Waals surface area (Å²) in [6, 6.07) is 3.30. The monoisotopic (exact) mass is 423 g/mol. The molecule has 30 heavy (non-hydrogen) atoms. The Kier molecular flexibility index (Phi) is 7.16. The standard InChI is InChI=1S/C18H26BN3O8/c20-13(23)3-4-14(24)21-7-15(25)22-8-11(9-22)29-12-2-1-10-5-6-19(28)30-17(10)16(12)18(26)27/h1-2,11,13,15,23,25,28H,3-9,20H2,(H,21,24)(H,26,27). The second-order valence-corrected chi connectivity index (χ2v) is 7.43. The van der Waals surface area contributed by atoms with Crippen molar-refractivity contribution in [2.24, 2.45) is 5.73 Å². The molecule has 11 nitrogen and oxygen atoms in total. The van der Waals surface area contributed by atoms with Crippen LogP contribution in [0.4, 0.5) is 0 Å². The number of nitrogens with two attached hydrogens (primary N) is 1. The molecular weight excluding hydrogens is 397 g/mol. The lowest BCUT2D eigenvalue weighted by Crippen LogP contribution is -2.60. The van der Waals surface area contributed by atoms with Crippen LogP contribution in [0.15, 0.2) is 12.1 Å². The minimum Gasteiger partial charge on any atom is -0.535 e. The molecule has 2 aliphatic heterocycles. The Morgan fingerprint density at radius 3 is 2.77 bits per heavy atom. The molecule has 2 atom stereocenters. The van der Waals surface area contributed by atoms with E-state index < -0.39 is 25.5 Å². The van der Waals surface area contributed by atoms with E-state index in [2.05, 4.69) is 5.32 Å². The van der Waals surface area contributed by atoms with E-state index in [0.717, 1.165) is 0 Å². The first-order valence-corrected chi connectivity index (χ1v) is 9.77. The first-order chi connectivity index (χ1) is 14.2. The van der Waals surface area contributed by atoms with Crippen LogP contribution in [-0.4, -0.2) is 82.4 Å². The maximum atomic E-state index is 11.7. The number of aryl methyl sites for hydroxylation is 1. The number of hydrogen-bond acceptors (Lipinski definition) is 9. The number of amides is 1. The Morgan fingerprint density at radius 2 is 2.10 bits per heavy atom. The van der Waals surface area contributed by atoms with Crippen LogP contribution in [0, 0.1) is 0 Å². The number of hydrogen-bond donors (Lipinski definition) is 6. The van der Waals surface area contributed by atoms with Gasteiger partial charge in [0.15, 0.2) is 0 Å². The number of likely N-dealkylation sites (tertiary alicyclic amines) is 1. The highest BCUT2D eigenvalue weighted by atomic mass is 16.5. The lowest BCUT2D eigenvalue weighted by Gasteiger charge is -2.42. The van der Waals surface area contributed by atoms with Crippen LogP contribution in [0.1, 0.15) is 28.8 Å². The van der Waals surface area contributed by atoms with Crippen LogP contribution in [0.25, 0.3) is 0 Å². The van der Waals surface area contributed by atoms with Gasteiger partial charge in [0.2, 0.25) is 5.91 Å². The van der Waals surface area contributed by atoms with Crippen LogP contribution < -0.4 is 20.4 Å². The molecule has 2 heterocycles. The van der Waals surface area contributed by atoms with Gasteiger partial charge in [-0.25, -0.2) is 4.79 Å². The molecule has 0 spiro atoms. The summed E-state index contributed by atoms with van der Waals surface area (Å²) in [5.74, 6) is -1.27. The highest BCUT2D eigenvalue weighted by molar-refractivity contribution is 6.44. The minimum absolute atomic E-state index is 0.0111. The Bertz CT molecular complexity index is 787. The number of fused-ring (bicyclic) bond motifs is 1. The first kappa shape index (κ1) is 22.3. The van der Waals surface area contributed by atoms with Gasteiger partial charge >= 0.3 is 13.1 Å². The molecule has 1 amide bonds. The molecule has 7 N–H and O–H groups in total. The number of benzene rings is 1. The maximum Gasteiger partial charge on any atom is 0.522 e. The van der Waals surface area contributed by atoms with E-state index >= 15 is 0 Å². The summed E-state index contributed by atoms with van der Waals surface area (Å²) in [5, 5.41) is 41.0. The van der Waals surface area contributed by atoms with E-state index in [0.29, 0.717) is 31.4 Å². The number of aliphatic hydroxyl groups excluding tert-OH is 2. The normalized spacial score (nSPS) is 18.6. The Balaban J connectivity index is 1.52. The molecule has 2 aliphatic rings. The van der Waals surface area contributed by atoms with E-state index in [4.69, 9.17) is 20.2 Å². The van der Waals surface area contributed by atoms with Crippen molar-refractivity contribution in [2.45, 2.75) is 44.1 Å². The van der Waals surface area contributed by atoms with Gasteiger partial charge < -0.3 is 40.8 Å². The van der Waals surface area contributed by atoms with Crippen molar-refractivity contribution >= 4 is 19.0 Å². The third-order valence-electron chi connectivity index (χ3n) is 5.07. The van der Waals surface area contributed by atoms with E-state index in [1.807, 2.05) is 0 Å². The van der Waals surface area contributed by atoms with Gasteiger partial charge in [-0.05, 0) is 30.8 Å². The molecule has 3 rings (SSSR count). The molecule has 1 saturated heterocycles. The van der Waals surface area contributed by atoms with E-state index in [-0.39, 0.29) is 48.5 Å². The number of carboxylic acids is 1. The fourth-order valence-corrected chi connectivity index (χ4v) is 3.38. The minimum atomic E-state index is -1.21. The fraction of sp³-hybridized carbons (Fsp3) is 0.556. The van der Waals surface area contributed by atoms with Crippen LogP contribution >= 0.6 is 0 Å². The largest absolute Gasteiger partial charge is 0.535 e. The summed E-state index contributed by atoms with van der Waals surface area (Å²) in [7, 11) is -1.05.